The Balaban J connectivity index is 1.35. The molecule has 0 radical (unpaired) electrons. The second-order valence-corrected chi connectivity index (χ2v) is 8.03. The van der Waals surface area contributed by atoms with Crippen LogP contribution in [0.5, 0.6) is 0 Å². The number of hydrogen-bond acceptors (Lipinski definition) is 3. The van der Waals surface area contributed by atoms with E-state index in [1.165, 1.54) is 24.9 Å². The van der Waals surface area contributed by atoms with E-state index < -0.39 is 5.97 Å². The molecule has 0 spiro atoms. The molecule has 27 heavy (non-hydrogen) atoms. The van der Waals surface area contributed by atoms with E-state index in [-0.39, 0.29) is 6.42 Å². The van der Waals surface area contributed by atoms with E-state index in [2.05, 4.69) is 52.7 Å². The van der Waals surface area contributed by atoms with Gasteiger partial charge in [0.25, 0.3) is 0 Å². The van der Waals surface area contributed by atoms with Crippen LogP contribution in [0.3, 0.4) is 0 Å². The van der Waals surface area contributed by atoms with Gasteiger partial charge in [0.1, 0.15) is 0 Å². The zero-order valence-corrected chi connectivity index (χ0v) is 15.7. The number of likely N-dealkylation sites (tertiary alicyclic amines) is 1. The Morgan fingerprint density at radius 1 is 1.04 bits per heavy atom. The van der Waals surface area contributed by atoms with Crippen LogP contribution >= 0.6 is 0 Å². The third-order valence-corrected chi connectivity index (χ3v) is 6.09. The van der Waals surface area contributed by atoms with Gasteiger partial charge in [-0.2, -0.15) is 0 Å². The van der Waals surface area contributed by atoms with E-state index >= 15 is 0 Å². The smallest absolute Gasteiger partial charge is 0.303 e. The topological polar surface area (TPSA) is 52.6 Å². The van der Waals surface area contributed by atoms with Crippen molar-refractivity contribution in [2.75, 3.05) is 18.4 Å². The van der Waals surface area contributed by atoms with Crippen molar-refractivity contribution in [2.45, 2.75) is 38.3 Å². The van der Waals surface area contributed by atoms with E-state index in [9.17, 15) is 4.79 Å². The first kappa shape index (κ1) is 18.1. The fraction of sp³-hybridized carbons (Fsp3) is 0.435. The predicted octanol–water partition coefficient (Wildman–Crippen LogP) is 4.03. The van der Waals surface area contributed by atoms with Crippen LogP contribution in [-0.2, 0) is 17.8 Å². The van der Waals surface area contributed by atoms with Gasteiger partial charge in [0.15, 0.2) is 0 Å². The summed E-state index contributed by atoms with van der Waals surface area (Å²) in [7, 11) is 0. The molecule has 2 aliphatic rings. The number of fused-ring (bicyclic) bond motifs is 1. The summed E-state index contributed by atoms with van der Waals surface area (Å²) >= 11 is 0. The average molecular weight is 364 g/mol. The zero-order chi connectivity index (χ0) is 18.6. The number of anilines is 1. The molecule has 2 aromatic rings. The van der Waals surface area contributed by atoms with E-state index in [0.717, 1.165) is 30.3 Å². The van der Waals surface area contributed by atoms with E-state index in [1.54, 1.807) is 0 Å². The van der Waals surface area contributed by atoms with Crippen LogP contribution in [-0.4, -0.2) is 35.1 Å². The third-order valence-electron chi connectivity index (χ3n) is 6.09. The lowest BCUT2D eigenvalue weighted by molar-refractivity contribution is -0.136. The highest BCUT2D eigenvalue weighted by atomic mass is 16.4. The minimum absolute atomic E-state index is 0.187. The van der Waals surface area contributed by atoms with E-state index in [4.69, 9.17) is 5.11 Å². The van der Waals surface area contributed by atoms with Crippen molar-refractivity contribution in [1.82, 2.24) is 4.90 Å². The lowest BCUT2D eigenvalue weighted by Gasteiger charge is -2.23. The van der Waals surface area contributed by atoms with Crippen LogP contribution in [0.1, 0.15) is 30.4 Å². The van der Waals surface area contributed by atoms with Gasteiger partial charge in [-0.3, -0.25) is 9.69 Å². The molecule has 4 rings (SSSR count). The lowest BCUT2D eigenvalue weighted by Crippen LogP contribution is -2.29. The van der Waals surface area contributed by atoms with Crippen molar-refractivity contribution in [2.24, 2.45) is 11.8 Å². The monoisotopic (exact) mass is 364 g/mol. The summed E-state index contributed by atoms with van der Waals surface area (Å²) in [6, 6.07) is 19.5. The molecule has 1 heterocycles. The first-order chi connectivity index (χ1) is 13.2. The maximum atomic E-state index is 10.8. The quantitative estimate of drug-likeness (QED) is 0.779. The van der Waals surface area contributed by atoms with Crippen LogP contribution in [0.2, 0.25) is 0 Å². The highest BCUT2D eigenvalue weighted by Gasteiger charge is 2.42. The maximum absolute atomic E-state index is 10.8. The van der Waals surface area contributed by atoms with Gasteiger partial charge in [-0.25, -0.2) is 0 Å². The third kappa shape index (κ3) is 4.51. The van der Waals surface area contributed by atoms with Crippen molar-refractivity contribution in [3.05, 3.63) is 65.7 Å². The Morgan fingerprint density at radius 2 is 1.85 bits per heavy atom. The molecule has 1 saturated carbocycles. The minimum Gasteiger partial charge on any atom is -0.481 e. The molecule has 1 aliphatic heterocycles. The first-order valence-electron chi connectivity index (χ1n) is 10.0. The summed E-state index contributed by atoms with van der Waals surface area (Å²) in [5.74, 6) is 0.759. The summed E-state index contributed by atoms with van der Waals surface area (Å²) in [6.45, 7) is 3.41. The van der Waals surface area contributed by atoms with Crippen LogP contribution in [0, 0.1) is 11.8 Å². The number of aryl methyl sites for hydroxylation is 1. The van der Waals surface area contributed by atoms with E-state index in [0.29, 0.717) is 18.4 Å². The molecule has 0 bridgehead atoms. The summed E-state index contributed by atoms with van der Waals surface area (Å²) in [5.41, 5.74) is 3.62. The van der Waals surface area contributed by atoms with Gasteiger partial charge in [-0.15, -0.1) is 0 Å². The molecule has 3 atom stereocenters. The Hall–Kier alpha value is -2.33. The van der Waals surface area contributed by atoms with Gasteiger partial charge in [0, 0.05) is 37.8 Å². The Morgan fingerprint density at radius 3 is 2.67 bits per heavy atom. The molecule has 142 valence electrons. The minimum atomic E-state index is -0.739. The molecule has 1 aliphatic carbocycles. The van der Waals surface area contributed by atoms with Gasteiger partial charge >= 0.3 is 5.97 Å². The highest BCUT2D eigenvalue weighted by molar-refractivity contribution is 5.67. The number of hydrogen-bond donors (Lipinski definition) is 2. The number of aliphatic carboxylic acids is 1. The van der Waals surface area contributed by atoms with Gasteiger partial charge in [0.05, 0.1) is 0 Å². The fourth-order valence-electron chi connectivity index (χ4n) is 4.79. The Kier molecular flexibility index (Phi) is 5.44. The Bertz CT molecular complexity index is 777. The van der Waals surface area contributed by atoms with Crippen molar-refractivity contribution in [3.8, 4) is 0 Å². The normalized spacial score (nSPS) is 24.7. The van der Waals surface area contributed by atoms with Gasteiger partial charge < -0.3 is 10.4 Å². The molecule has 2 fully saturated rings. The molecular weight excluding hydrogens is 336 g/mol. The molecule has 3 unspecified atom stereocenters. The number of nitrogens with zero attached hydrogens (tertiary/aromatic N) is 1. The number of carbonyl (C=O) groups is 1. The number of benzene rings is 2. The Labute approximate surface area is 161 Å². The van der Waals surface area contributed by atoms with Gasteiger partial charge in [-0.1, -0.05) is 42.5 Å². The van der Waals surface area contributed by atoms with Crippen LogP contribution in [0.25, 0.3) is 0 Å². The molecule has 0 amide bonds. The van der Waals surface area contributed by atoms with Crippen LogP contribution in [0.15, 0.2) is 54.6 Å². The molecule has 1 saturated heterocycles. The largest absolute Gasteiger partial charge is 0.481 e. The van der Waals surface area contributed by atoms with Crippen molar-refractivity contribution in [1.29, 1.82) is 0 Å². The number of rotatable bonds is 7. The standard InChI is InChI=1S/C23H28N2O2/c26-23(27)12-9-17-7-4-8-20(13-17)24-22-11-10-19-15-25(16-21(19)22)14-18-5-2-1-3-6-18/h1-8,13,19,21-22,24H,9-12,14-16H2,(H,26,27). The second kappa shape index (κ2) is 8.13. The predicted molar refractivity (Wildman–Crippen MR) is 108 cm³/mol. The van der Waals surface area contributed by atoms with E-state index in [1.807, 2.05) is 12.1 Å². The molecule has 4 nitrogen and oxygen atoms in total. The van der Waals surface area contributed by atoms with Crippen molar-refractivity contribution in [3.63, 3.8) is 0 Å². The summed E-state index contributed by atoms with van der Waals surface area (Å²) in [5, 5.41) is 12.6. The van der Waals surface area contributed by atoms with Crippen molar-refractivity contribution >= 4 is 11.7 Å². The average Bonchev–Trinajstić information content (AvgIpc) is 3.22. The van der Waals surface area contributed by atoms with Crippen molar-refractivity contribution < 1.29 is 9.90 Å². The van der Waals surface area contributed by atoms with Crippen LogP contribution in [0.4, 0.5) is 5.69 Å². The maximum Gasteiger partial charge on any atom is 0.303 e. The van der Waals surface area contributed by atoms with Gasteiger partial charge in [0.2, 0.25) is 0 Å². The number of carboxylic acids is 1. The fourth-order valence-corrected chi connectivity index (χ4v) is 4.79. The summed E-state index contributed by atoms with van der Waals surface area (Å²) < 4.78 is 0. The lowest BCUT2D eigenvalue weighted by atomic mass is 9.97. The zero-order valence-electron chi connectivity index (χ0n) is 15.7. The molecule has 0 aromatic heterocycles. The molecule has 2 N–H and O–H groups in total. The molecule has 2 aromatic carbocycles. The first-order valence-corrected chi connectivity index (χ1v) is 10.0. The highest BCUT2D eigenvalue weighted by Crippen LogP contribution is 2.40. The number of carboxylic acid groups (broad SMARTS) is 1. The SMILES string of the molecule is O=C(O)CCc1cccc(NC2CCC3CN(Cc4ccccc4)CC32)c1. The molecular formula is C23H28N2O2. The summed E-state index contributed by atoms with van der Waals surface area (Å²) in [4.78, 5) is 13.4. The second-order valence-electron chi connectivity index (χ2n) is 8.03. The molecule has 4 heteroatoms. The summed E-state index contributed by atoms with van der Waals surface area (Å²) in [6.07, 6.45) is 3.30. The number of nitrogens with one attached hydrogen (secondary N) is 1. The van der Waals surface area contributed by atoms with Crippen LogP contribution < -0.4 is 5.32 Å². The van der Waals surface area contributed by atoms with Gasteiger partial charge in [-0.05, 0) is 54.4 Å².